The van der Waals surface area contributed by atoms with E-state index in [1.165, 1.54) is 11.1 Å². The fourth-order valence-electron chi connectivity index (χ4n) is 2.30. The van der Waals surface area contributed by atoms with E-state index in [1.54, 1.807) is 0 Å². The number of hydrogen-bond donors (Lipinski definition) is 1. The summed E-state index contributed by atoms with van der Waals surface area (Å²) in [7, 11) is 0. The first-order chi connectivity index (χ1) is 9.69. The third-order valence-corrected chi connectivity index (χ3v) is 3.56. The molecule has 0 aliphatic carbocycles. The molecule has 0 aromatic heterocycles. The predicted octanol–water partition coefficient (Wildman–Crippen LogP) is 4.33. The van der Waals surface area contributed by atoms with Crippen LogP contribution in [0.1, 0.15) is 24.5 Å². The fourth-order valence-corrected chi connectivity index (χ4v) is 2.42. The Balaban J connectivity index is 2.07. The van der Waals surface area contributed by atoms with Crippen LogP contribution >= 0.6 is 11.6 Å². The first kappa shape index (κ1) is 14.9. The van der Waals surface area contributed by atoms with E-state index in [9.17, 15) is 0 Å². The van der Waals surface area contributed by atoms with Crippen molar-refractivity contribution in [2.75, 3.05) is 12.3 Å². The molecule has 3 heteroatoms. The average molecular weight is 289 g/mol. The van der Waals surface area contributed by atoms with Crippen molar-refractivity contribution in [3.63, 3.8) is 0 Å². The third-order valence-electron chi connectivity index (χ3n) is 3.31. The van der Waals surface area contributed by atoms with Crippen LogP contribution in [0.4, 0.5) is 5.69 Å². The quantitative estimate of drug-likeness (QED) is 0.802. The van der Waals surface area contributed by atoms with E-state index in [0.29, 0.717) is 0 Å². The van der Waals surface area contributed by atoms with Gasteiger partial charge in [0.1, 0.15) is 0 Å². The van der Waals surface area contributed by atoms with Gasteiger partial charge in [-0.05, 0) is 42.3 Å². The lowest BCUT2D eigenvalue weighted by Gasteiger charge is -2.22. The fraction of sp³-hybridized carbons (Fsp3) is 0.294. The number of benzene rings is 2. The van der Waals surface area contributed by atoms with Crippen LogP contribution in [0.3, 0.4) is 0 Å². The SMILES string of the molecule is CCCN(Cc1ccc(Cl)cc1)Cc1ccccc1N. The molecule has 0 spiro atoms. The standard InChI is InChI=1S/C17H21ClN2/c1-2-11-20(12-14-7-9-16(18)10-8-14)13-15-5-3-4-6-17(15)19/h3-10H,2,11-13,19H2,1H3. The maximum Gasteiger partial charge on any atom is 0.0406 e. The number of halogens is 1. The number of para-hydroxylation sites is 1. The molecule has 0 amide bonds. The smallest absolute Gasteiger partial charge is 0.0406 e. The second-order valence-electron chi connectivity index (χ2n) is 5.04. The van der Waals surface area contributed by atoms with E-state index < -0.39 is 0 Å². The molecule has 0 saturated carbocycles. The molecule has 2 nitrogen and oxygen atoms in total. The minimum atomic E-state index is 0.781. The summed E-state index contributed by atoms with van der Waals surface area (Å²) in [5, 5.41) is 0.781. The van der Waals surface area contributed by atoms with E-state index in [2.05, 4.69) is 30.0 Å². The number of nitrogens with zero attached hydrogens (tertiary/aromatic N) is 1. The molecule has 20 heavy (non-hydrogen) atoms. The highest BCUT2D eigenvalue weighted by Crippen LogP contribution is 2.17. The number of nitrogens with two attached hydrogens (primary N) is 1. The number of hydrogen-bond acceptors (Lipinski definition) is 2. The molecule has 0 radical (unpaired) electrons. The minimum absolute atomic E-state index is 0.781. The van der Waals surface area contributed by atoms with E-state index in [1.807, 2.05) is 30.3 Å². The van der Waals surface area contributed by atoms with Gasteiger partial charge in [0.25, 0.3) is 0 Å². The van der Waals surface area contributed by atoms with Crippen molar-refractivity contribution < 1.29 is 0 Å². The van der Waals surface area contributed by atoms with Crippen molar-refractivity contribution in [3.05, 3.63) is 64.7 Å². The van der Waals surface area contributed by atoms with Crippen molar-refractivity contribution in [3.8, 4) is 0 Å². The largest absolute Gasteiger partial charge is 0.398 e. The molecular weight excluding hydrogens is 268 g/mol. The first-order valence-corrected chi connectivity index (χ1v) is 7.37. The second-order valence-corrected chi connectivity index (χ2v) is 5.47. The normalized spacial score (nSPS) is 10.9. The minimum Gasteiger partial charge on any atom is -0.398 e. The van der Waals surface area contributed by atoms with Gasteiger partial charge in [0.2, 0.25) is 0 Å². The van der Waals surface area contributed by atoms with E-state index in [4.69, 9.17) is 17.3 Å². The molecule has 0 atom stereocenters. The lowest BCUT2D eigenvalue weighted by Crippen LogP contribution is -2.24. The lowest BCUT2D eigenvalue weighted by atomic mass is 10.1. The zero-order valence-corrected chi connectivity index (χ0v) is 12.6. The molecule has 0 saturated heterocycles. The van der Waals surface area contributed by atoms with Crippen LogP contribution in [0.5, 0.6) is 0 Å². The van der Waals surface area contributed by atoms with Gasteiger partial charge >= 0.3 is 0 Å². The Labute approximate surface area is 126 Å². The average Bonchev–Trinajstić information content (AvgIpc) is 2.44. The molecule has 2 aromatic rings. The summed E-state index contributed by atoms with van der Waals surface area (Å²) in [4.78, 5) is 2.41. The maximum atomic E-state index is 6.03. The number of anilines is 1. The van der Waals surface area contributed by atoms with Gasteiger partial charge in [0.05, 0.1) is 0 Å². The van der Waals surface area contributed by atoms with Crippen molar-refractivity contribution in [1.82, 2.24) is 4.90 Å². The zero-order valence-electron chi connectivity index (χ0n) is 11.8. The second kappa shape index (κ2) is 7.32. The van der Waals surface area contributed by atoms with Crippen molar-refractivity contribution in [2.24, 2.45) is 0 Å². The molecule has 2 N–H and O–H groups in total. The van der Waals surface area contributed by atoms with Crippen LogP contribution in [0.25, 0.3) is 0 Å². The van der Waals surface area contributed by atoms with Gasteiger partial charge in [-0.1, -0.05) is 48.9 Å². The van der Waals surface area contributed by atoms with Gasteiger partial charge < -0.3 is 5.73 Å². The van der Waals surface area contributed by atoms with Gasteiger partial charge in [0.15, 0.2) is 0 Å². The number of nitrogen functional groups attached to an aromatic ring is 1. The van der Waals surface area contributed by atoms with E-state index in [0.717, 1.165) is 36.8 Å². The molecule has 0 heterocycles. The molecular formula is C17H21ClN2. The van der Waals surface area contributed by atoms with Crippen molar-refractivity contribution in [1.29, 1.82) is 0 Å². The number of rotatable bonds is 6. The molecule has 0 unspecified atom stereocenters. The highest BCUT2D eigenvalue weighted by molar-refractivity contribution is 6.30. The Morgan fingerprint density at radius 1 is 1.00 bits per heavy atom. The Kier molecular flexibility index (Phi) is 5.45. The summed E-state index contributed by atoms with van der Waals surface area (Å²) < 4.78 is 0. The molecule has 2 rings (SSSR count). The van der Waals surface area contributed by atoms with E-state index >= 15 is 0 Å². The summed E-state index contributed by atoms with van der Waals surface area (Å²) in [5.74, 6) is 0. The third kappa shape index (κ3) is 4.26. The van der Waals surface area contributed by atoms with Gasteiger partial charge in [-0.25, -0.2) is 0 Å². The predicted molar refractivity (Wildman–Crippen MR) is 86.7 cm³/mol. The zero-order chi connectivity index (χ0) is 14.4. The van der Waals surface area contributed by atoms with Crippen LogP contribution in [-0.4, -0.2) is 11.4 Å². The lowest BCUT2D eigenvalue weighted by molar-refractivity contribution is 0.258. The Hall–Kier alpha value is -1.51. The first-order valence-electron chi connectivity index (χ1n) is 6.99. The van der Waals surface area contributed by atoms with Gasteiger partial charge in [-0.15, -0.1) is 0 Å². The van der Waals surface area contributed by atoms with Crippen molar-refractivity contribution >= 4 is 17.3 Å². The maximum absolute atomic E-state index is 6.03. The molecule has 0 aliphatic rings. The van der Waals surface area contributed by atoms with Gasteiger partial charge in [-0.3, -0.25) is 4.90 Å². The van der Waals surface area contributed by atoms with Crippen molar-refractivity contribution in [2.45, 2.75) is 26.4 Å². The molecule has 2 aromatic carbocycles. The highest BCUT2D eigenvalue weighted by Gasteiger charge is 2.08. The Bertz CT molecular complexity index is 537. The summed E-state index contributed by atoms with van der Waals surface area (Å²) in [6, 6.07) is 16.1. The monoisotopic (exact) mass is 288 g/mol. The van der Waals surface area contributed by atoms with Crippen LogP contribution in [0.15, 0.2) is 48.5 Å². The van der Waals surface area contributed by atoms with Crippen LogP contribution in [-0.2, 0) is 13.1 Å². The van der Waals surface area contributed by atoms with Gasteiger partial charge in [0, 0.05) is 23.8 Å². The molecule has 0 aliphatic heterocycles. The highest BCUT2D eigenvalue weighted by atomic mass is 35.5. The molecule has 106 valence electrons. The summed E-state index contributed by atoms with van der Waals surface area (Å²) in [6.45, 7) is 5.04. The topological polar surface area (TPSA) is 29.3 Å². The van der Waals surface area contributed by atoms with Crippen LogP contribution < -0.4 is 5.73 Å². The van der Waals surface area contributed by atoms with Crippen LogP contribution in [0, 0.1) is 0 Å². The summed E-state index contributed by atoms with van der Waals surface area (Å²) in [6.07, 6.45) is 1.13. The Morgan fingerprint density at radius 3 is 2.35 bits per heavy atom. The van der Waals surface area contributed by atoms with Gasteiger partial charge in [-0.2, -0.15) is 0 Å². The summed E-state index contributed by atoms with van der Waals surface area (Å²) >= 11 is 5.93. The van der Waals surface area contributed by atoms with E-state index in [-0.39, 0.29) is 0 Å². The Morgan fingerprint density at radius 2 is 1.70 bits per heavy atom. The van der Waals surface area contributed by atoms with Crippen LogP contribution in [0.2, 0.25) is 5.02 Å². The molecule has 0 bridgehead atoms. The summed E-state index contributed by atoms with van der Waals surface area (Å²) in [5.41, 5.74) is 9.36. The molecule has 0 fully saturated rings.